The number of methoxy groups -OCH3 is 1. The van der Waals surface area contributed by atoms with E-state index in [1.165, 1.54) is 7.11 Å². The van der Waals surface area contributed by atoms with Gasteiger partial charge in [0.2, 0.25) is 0 Å². The number of esters is 1. The topological polar surface area (TPSA) is 76.1 Å². The van der Waals surface area contributed by atoms with Gasteiger partial charge in [0.25, 0.3) is 5.91 Å². The molecule has 0 aliphatic rings. The van der Waals surface area contributed by atoms with Crippen molar-refractivity contribution >= 4 is 24.1 Å². The van der Waals surface area contributed by atoms with E-state index in [0.29, 0.717) is 22.6 Å². The summed E-state index contributed by atoms with van der Waals surface area (Å²) in [6, 6.07) is 16.3. The van der Waals surface area contributed by atoms with Gasteiger partial charge in [-0.3, -0.25) is 9.36 Å². The number of benzene rings is 2. The van der Waals surface area contributed by atoms with Crippen LogP contribution in [0.2, 0.25) is 0 Å². The Morgan fingerprint density at radius 2 is 1.81 bits per heavy atom. The maximum absolute atomic E-state index is 12.6. The smallest absolute Gasteiger partial charge is 0.337 e. The molecular weight excluding hydrogens is 350 g/mol. The Morgan fingerprint density at radius 3 is 2.46 bits per heavy atom. The zero-order valence-electron chi connectivity index (χ0n) is 14.1. The molecule has 2 aromatic carbocycles. The molecule has 0 spiro atoms. The highest BCUT2D eigenvalue weighted by Crippen LogP contribution is 2.13. The van der Waals surface area contributed by atoms with Gasteiger partial charge in [0.05, 0.1) is 12.7 Å². The predicted octanol–water partition coefficient (Wildman–Crippen LogP) is 3.25. The molecule has 0 aliphatic carbocycles. The molecule has 0 saturated carbocycles. The van der Waals surface area contributed by atoms with E-state index in [4.69, 9.17) is 12.2 Å². The number of imidazole rings is 1. The number of hydrogen-bond donors (Lipinski definition) is 2. The number of ether oxygens (including phenoxy) is 1. The monoisotopic (exact) mass is 367 g/mol. The van der Waals surface area contributed by atoms with Gasteiger partial charge in [-0.25, -0.2) is 4.79 Å². The number of nitrogens with one attached hydrogen (secondary N) is 2. The lowest BCUT2D eigenvalue weighted by Gasteiger charge is -2.09. The first-order chi connectivity index (χ1) is 12.6. The van der Waals surface area contributed by atoms with E-state index in [2.05, 4.69) is 15.0 Å². The van der Waals surface area contributed by atoms with E-state index in [-0.39, 0.29) is 5.91 Å². The van der Waals surface area contributed by atoms with Crippen molar-refractivity contribution in [2.24, 2.45) is 0 Å². The molecule has 2 N–H and O–H groups in total. The number of hydrogen-bond acceptors (Lipinski definition) is 4. The Bertz CT molecular complexity index is 975. The summed E-state index contributed by atoms with van der Waals surface area (Å²) in [6.07, 6.45) is 1.59. The molecule has 6 nitrogen and oxygen atoms in total. The Hall–Kier alpha value is -3.19. The van der Waals surface area contributed by atoms with Gasteiger partial charge in [0.1, 0.15) is 5.69 Å². The van der Waals surface area contributed by atoms with Crippen LogP contribution in [-0.4, -0.2) is 28.5 Å². The van der Waals surface area contributed by atoms with Crippen LogP contribution < -0.4 is 5.32 Å². The van der Waals surface area contributed by atoms with Gasteiger partial charge in [-0.15, -0.1) is 0 Å². The van der Waals surface area contributed by atoms with Crippen molar-refractivity contribution in [3.63, 3.8) is 0 Å². The third kappa shape index (κ3) is 3.73. The van der Waals surface area contributed by atoms with Gasteiger partial charge in [0.15, 0.2) is 4.77 Å². The molecule has 26 heavy (non-hydrogen) atoms. The van der Waals surface area contributed by atoms with Crippen molar-refractivity contribution < 1.29 is 14.3 Å². The molecule has 0 radical (unpaired) electrons. The second-order valence-corrected chi connectivity index (χ2v) is 5.91. The summed E-state index contributed by atoms with van der Waals surface area (Å²) in [6.45, 7) is 0.326. The summed E-state index contributed by atoms with van der Waals surface area (Å²) in [5.74, 6) is -0.645. The number of amides is 1. The van der Waals surface area contributed by atoms with Gasteiger partial charge < -0.3 is 15.0 Å². The number of aromatic nitrogens is 2. The van der Waals surface area contributed by atoms with Crippen molar-refractivity contribution in [1.82, 2.24) is 14.9 Å². The average Bonchev–Trinajstić information content (AvgIpc) is 3.08. The number of rotatable bonds is 5. The van der Waals surface area contributed by atoms with E-state index in [9.17, 15) is 9.59 Å². The molecule has 1 amide bonds. The molecule has 1 heterocycles. The molecule has 0 fully saturated rings. The molecule has 1 aromatic heterocycles. The Labute approximate surface area is 155 Å². The van der Waals surface area contributed by atoms with Crippen LogP contribution in [0.25, 0.3) is 5.69 Å². The lowest BCUT2D eigenvalue weighted by molar-refractivity contribution is 0.0600. The van der Waals surface area contributed by atoms with Crippen LogP contribution in [0, 0.1) is 4.77 Å². The zero-order valence-corrected chi connectivity index (χ0v) is 14.9. The summed E-state index contributed by atoms with van der Waals surface area (Å²) in [5, 5.41) is 2.86. The largest absolute Gasteiger partial charge is 0.465 e. The summed E-state index contributed by atoms with van der Waals surface area (Å²) >= 11 is 5.29. The van der Waals surface area contributed by atoms with E-state index in [1.807, 2.05) is 30.3 Å². The normalized spacial score (nSPS) is 10.3. The maximum Gasteiger partial charge on any atom is 0.337 e. The first-order valence-electron chi connectivity index (χ1n) is 7.91. The fourth-order valence-corrected chi connectivity index (χ4v) is 2.78. The van der Waals surface area contributed by atoms with Crippen LogP contribution in [0.4, 0.5) is 0 Å². The van der Waals surface area contributed by atoms with Crippen molar-refractivity contribution in [2.75, 3.05) is 7.11 Å². The van der Waals surface area contributed by atoms with E-state index in [0.717, 1.165) is 11.3 Å². The highest BCUT2D eigenvalue weighted by atomic mass is 32.1. The molecule has 7 heteroatoms. The van der Waals surface area contributed by atoms with Crippen molar-refractivity contribution in [3.05, 3.63) is 82.4 Å². The van der Waals surface area contributed by atoms with Crippen LogP contribution >= 0.6 is 12.2 Å². The van der Waals surface area contributed by atoms with Gasteiger partial charge in [-0.05, 0) is 42.0 Å². The average molecular weight is 367 g/mol. The van der Waals surface area contributed by atoms with Crippen LogP contribution in [0.3, 0.4) is 0 Å². The molecule has 0 aliphatic heterocycles. The fraction of sp³-hybridized carbons (Fsp3) is 0.105. The number of carbonyl (C=O) groups excluding carboxylic acids is 2. The minimum Gasteiger partial charge on any atom is -0.465 e. The lowest BCUT2D eigenvalue weighted by Crippen LogP contribution is -2.25. The summed E-state index contributed by atoms with van der Waals surface area (Å²) in [4.78, 5) is 26.9. The number of aromatic amines is 1. The highest BCUT2D eigenvalue weighted by Gasteiger charge is 2.14. The quantitative estimate of drug-likeness (QED) is 0.536. The van der Waals surface area contributed by atoms with Crippen LogP contribution in [0.5, 0.6) is 0 Å². The van der Waals surface area contributed by atoms with Crippen LogP contribution in [0.15, 0.2) is 60.8 Å². The maximum atomic E-state index is 12.6. The van der Waals surface area contributed by atoms with Crippen molar-refractivity contribution in [3.8, 4) is 5.69 Å². The number of H-pyrrole nitrogens is 1. The van der Waals surface area contributed by atoms with Crippen molar-refractivity contribution in [1.29, 1.82) is 0 Å². The zero-order chi connectivity index (χ0) is 18.5. The highest BCUT2D eigenvalue weighted by molar-refractivity contribution is 7.71. The Morgan fingerprint density at radius 1 is 1.12 bits per heavy atom. The van der Waals surface area contributed by atoms with Gasteiger partial charge in [0, 0.05) is 18.4 Å². The number of nitrogens with zero attached hydrogens (tertiary/aromatic N) is 1. The predicted molar refractivity (Wildman–Crippen MR) is 99.9 cm³/mol. The summed E-state index contributed by atoms with van der Waals surface area (Å²) in [7, 11) is 1.34. The molecule has 3 rings (SSSR count). The second-order valence-electron chi connectivity index (χ2n) is 5.52. The van der Waals surface area contributed by atoms with E-state index >= 15 is 0 Å². The lowest BCUT2D eigenvalue weighted by atomic mass is 10.1. The Kier molecular flexibility index (Phi) is 5.28. The Balaban J connectivity index is 1.74. The first kappa shape index (κ1) is 17.6. The minimum atomic E-state index is -0.394. The molecule has 0 saturated heterocycles. The van der Waals surface area contributed by atoms with E-state index < -0.39 is 5.97 Å². The molecular formula is C19H17N3O3S. The minimum absolute atomic E-state index is 0.252. The van der Waals surface area contributed by atoms with Gasteiger partial charge in [-0.2, -0.15) is 0 Å². The third-order valence-electron chi connectivity index (χ3n) is 3.85. The molecule has 132 valence electrons. The standard InChI is InChI=1S/C19H17N3O3S/c1-25-18(24)14-9-7-13(8-10-14)11-20-17(23)16-12-21-19(26)22(16)15-5-3-2-4-6-15/h2-10,12H,11H2,1H3,(H,20,23)(H,21,26). The summed E-state index contributed by atoms with van der Waals surface area (Å²) in [5.41, 5.74) is 2.57. The molecule has 0 unspecified atom stereocenters. The van der Waals surface area contributed by atoms with Gasteiger partial charge in [-0.1, -0.05) is 30.3 Å². The second kappa shape index (κ2) is 7.79. The third-order valence-corrected chi connectivity index (χ3v) is 4.15. The SMILES string of the molecule is COC(=O)c1ccc(CNC(=O)c2c[nH]c(=S)n2-c2ccccc2)cc1. The van der Waals surface area contributed by atoms with Crippen LogP contribution in [0.1, 0.15) is 26.4 Å². The van der Waals surface area contributed by atoms with Gasteiger partial charge >= 0.3 is 5.97 Å². The molecule has 3 aromatic rings. The first-order valence-corrected chi connectivity index (χ1v) is 8.32. The molecule has 0 bridgehead atoms. The molecule has 0 atom stereocenters. The fourth-order valence-electron chi connectivity index (χ4n) is 2.52. The van der Waals surface area contributed by atoms with Crippen molar-refractivity contribution in [2.45, 2.75) is 6.54 Å². The number of carbonyl (C=O) groups is 2. The summed E-state index contributed by atoms with van der Waals surface area (Å²) < 4.78 is 6.80. The number of para-hydroxylation sites is 1. The van der Waals surface area contributed by atoms with E-state index in [1.54, 1.807) is 35.0 Å². The van der Waals surface area contributed by atoms with Crippen LogP contribution in [-0.2, 0) is 11.3 Å².